The van der Waals surface area contributed by atoms with Crippen molar-refractivity contribution in [1.82, 2.24) is 4.90 Å². The molecule has 4 nitrogen and oxygen atoms in total. The number of rotatable bonds is 3. The highest BCUT2D eigenvalue weighted by Crippen LogP contribution is 2.26. The molecule has 0 spiro atoms. The maximum atomic E-state index is 12.0. The lowest BCUT2D eigenvalue weighted by Crippen LogP contribution is -2.35. The van der Waals surface area contributed by atoms with E-state index in [9.17, 15) is 4.79 Å². The van der Waals surface area contributed by atoms with Crippen molar-refractivity contribution >= 4 is 33.6 Å². The van der Waals surface area contributed by atoms with Crippen molar-refractivity contribution in [3.63, 3.8) is 0 Å². The number of halogens is 2. The van der Waals surface area contributed by atoms with E-state index in [2.05, 4.69) is 15.9 Å². The zero-order valence-electron chi connectivity index (χ0n) is 13.1. The molecule has 1 aromatic carbocycles. The SMILES string of the molecule is CC(C)(C)OC(=O)N1CCC(COc2cc(Cl)cc(Br)c2)C1. The van der Waals surface area contributed by atoms with E-state index in [0.717, 1.165) is 16.6 Å². The predicted molar refractivity (Wildman–Crippen MR) is 90.6 cm³/mol. The lowest BCUT2D eigenvalue weighted by atomic mass is 10.1. The van der Waals surface area contributed by atoms with E-state index >= 15 is 0 Å². The van der Waals surface area contributed by atoms with Crippen LogP contribution in [0.1, 0.15) is 27.2 Å². The van der Waals surface area contributed by atoms with Gasteiger partial charge in [-0.05, 0) is 45.4 Å². The molecule has 1 amide bonds. The summed E-state index contributed by atoms with van der Waals surface area (Å²) in [7, 11) is 0. The molecule has 1 heterocycles. The smallest absolute Gasteiger partial charge is 0.410 e. The molecule has 0 aliphatic carbocycles. The Hall–Kier alpha value is -0.940. The maximum absolute atomic E-state index is 12.0. The van der Waals surface area contributed by atoms with E-state index < -0.39 is 5.60 Å². The summed E-state index contributed by atoms with van der Waals surface area (Å²) in [6, 6.07) is 5.48. The third kappa shape index (κ3) is 5.36. The van der Waals surface area contributed by atoms with Crippen LogP contribution in [0.25, 0.3) is 0 Å². The van der Waals surface area contributed by atoms with E-state index in [-0.39, 0.29) is 6.09 Å². The van der Waals surface area contributed by atoms with E-state index in [1.54, 1.807) is 11.0 Å². The van der Waals surface area contributed by atoms with Gasteiger partial charge in [0.05, 0.1) is 6.61 Å². The Morgan fingerprint density at radius 3 is 2.77 bits per heavy atom. The van der Waals surface area contributed by atoms with Crippen LogP contribution in [-0.4, -0.2) is 36.3 Å². The quantitative estimate of drug-likeness (QED) is 0.748. The van der Waals surface area contributed by atoms with Gasteiger partial charge in [-0.2, -0.15) is 0 Å². The summed E-state index contributed by atoms with van der Waals surface area (Å²) < 4.78 is 12.1. The molecule has 0 bridgehead atoms. The Morgan fingerprint density at radius 1 is 1.41 bits per heavy atom. The molecule has 0 radical (unpaired) electrons. The summed E-state index contributed by atoms with van der Waals surface area (Å²) in [4.78, 5) is 13.8. The van der Waals surface area contributed by atoms with E-state index in [1.807, 2.05) is 32.9 Å². The van der Waals surface area contributed by atoms with Crippen LogP contribution in [0.15, 0.2) is 22.7 Å². The summed E-state index contributed by atoms with van der Waals surface area (Å²) in [5.74, 6) is 1.04. The van der Waals surface area contributed by atoms with Gasteiger partial charge >= 0.3 is 6.09 Å². The van der Waals surface area contributed by atoms with Gasteiger partial charge in [0.2, 0.25) is 0 Å². The summed E-state index contributed by atoms with van der Waals surface area (Å²) in [6.45, 7) is 7.56. The van der Waals surface area contributed by atoms with Gasteiger partial charge in [-0.15, -0.1) is 0 Å². The topological polar surface area (TPSA) is 38.8 Å². The fourth-order valence-corrected chi connectivity index (χ4v) is 3.12. The number of amides is 1. The minimum Gasteiger partial charge on any atom is -0.493 e. The molecule has 1 aliphatic rings. The van der Waals surface area contributed by atoms with Crippen LogP contribution in [0.3, 0.4) is 0 Å². The highest BCUT2D eigenvalue weighted by Gasteiger charge is 2.30. The number of likely N-dealkylation sites (tertiary alicyclic amines) is 1. The van der Waals surface area contributed by atoms with Crippen molar-refractivity contribution in [2.75, 3.05) is 19.7 Å². The minimum absolute atomic E-state index is 0.250. The third-order valence-electron chi connectivity index (χ3n) is 3.26. The van der Waals surface area contributed by atoms with Gasteiger partial charge in [0.25, 0.3) is 0 Å². The van der Waals surface area contributed by atoms with E-state index in [4.69, 9.17) is 21.1 Å². The van der Waals surface area contributed by atoms with Gasteiger partial charge in [0, 0.05) is 28.5 Å². The first kappa shape index (κ1) is 17.4. The molecule has 0 N–H and O–H groups in total. The van der Waals surface area contributed by atoms with Crippen LogP contribution in [0.4, 0.5) is 4.79 Å². The van der Waals surface area contributed by atoms with Gasteiger partial charge in [0.1, 0.15) is 11.4 Å². The molecule has 1 atom stereocenters. The summed E-state index contributed by atoms with van der Waals surface area (Å²) >= 11 is 9.38. The van der Waals surface area contributed by atoms with E-state index in [0.29, 0.717) is 30.6 Å². The number of ether oxygens (including phenoxy) is 2. The number of hydrogen-bond donors (Lipinski definition) is 0. The van der Waals surface area contributed by atoms with Gasteiger partial charge in [0.15, 0.2) is 0 Å². The molecule has 2 rings (SSSR count). The Morgan fingerprint density at radius 2 is 2.14 bits per heavy atom. The molecular weight excluding hydrogens is 370 g/mol. The number of carbonyl (C=O) groups is 1. The second kappa shape index (κ2) is 7.09. The highest BCUT2D eigenvalue weighted by molar-refractivity contribution is 9.10. The number of hydrogen-bond acceptors (Lipinski definition) is 3. The fraction of sp³-hybridized carbons (Fsp3) is 0.562. The number of nitrogens with zero attached hydrogens (tertiary/aromatic N) is 1. The van der Waals surface area contributed by atoms with Crippen LogP contribution >= 0.6 is 27.5 Å². The predicted octanol–water partition coefficient (Wildman–Crippen LogP) is 4.74. The first-order valence-electron chi connectivity index (χ1n) is 7.30. The first-order chi connectivity index (χ1) is 10.2. The summed E-state index contributed by atoms with van der Waals surface area (Å²) in [5, 5.41) is 0.631. The molecule has 1 unspecified atom stereocenters. The van der Waals surface area contributed by atoms with Crippen molar-refractivity contribution in [2.24, 2.45) is 5.92 Å². The molecule has 0 aromatic heterocycles. The first-order valence-corrected chi connectivity index (χ1v) is 8.47. The van der Waals surface area contributed by atoms with Gasteiger partial charge < -0.3 is 14.4 Å². The average molecular weight is 391 g/mol. The van der Waals surface area contributed by atoms with Crippen LogP contribution in [0.5, 0.6) is 5.75 Å². The summed E-state index contributed by atoms with van der Waals surface area (Å²) in [5.41, 5.74) is -0.460. The van der Waals surface area contributed by atoms with Crippen molar-refractivity contribution in [3.8, 4) is 5.75 Å². The Balaban J connectivity index is 1.82. The fourth-order valence-electron chi connectivity index (χ4n) is 2.29. The molecule has 6 heteroatoms. The van der Waals surface area contributed by atoms with E-state index in [1.165, 1.54) is 0 Å². The Kier molecular flexibility index (Phi) is 5.61. The lowest BCUT2D eigenvalue weighted by molar-refractivity contribution is 0.0285. The molecule has 0 saturated carbocycles. The lowest BCUT2D eigenvalue weighted by Gasteiger charge is -2.24. The highest BCUT2D eigenvalue weighted by atomic mass is 79.9. The molecular formula is C16H21BrClNO3. The summed E-state index contributed by atoms with van der Waals surface area (Å²) in [6.07, 6.45) is 0.668. The van der Waals surface area contributed by atoms with Crippen LogP contribution in [0, 0.1) is 5.92 Å². The third-order valence-corrected chi connectivity index (χ3v) is 3.94. The molecule has 1 aromatic rings. The van der Waals surface area contributed by atoms with Crippen LogP contribution in [-0.2, 0) is 4.74 Å². The molecule has 22 heavy (non-hydrogen) atoms. The molecule has 1 aliphatic heterocycles. The number of benzene rings is 1. The minimum atomic E-state index is -0.460. The van der Waals surface area contributed by atoms with Crippen LogP contribution in [0.2, 0.25) is 5.02 Å². The monoisotopic (exact) mass is 389 g/mol. The zero-order chi connectivity index (χ0) is 16.3. The van der Waals surface area contributed by atoms with Gasteiger partial charge in [-0.25, -0.2) is 4.79 Å². The molecule has 1 fully saturated rings. The zero-order valence-corrected chi connectivity index (χ0v) is 15.4. The van der Waals surface area contributed by atoms with Crippen LogP contribution < -0.4 is 4.74 Å². The van der Waals surface area contributed by atoms with Gasteiger partial charge in [-0.1, -0.05) is 27.5 Å². The second-order valence-electron chi connectivity index (χ2n) is 6.50. The Bertz CT molecular complexity index is 524. The van der Waals surface area contributed by atoms with Crippen molar-refractivity contribution < 1.29 is 14.3 Å². The molecule has 122 valence electrons. The standard InChI is InChI=1S/C16H21BrClNO3/c1-16(2,3)22-15(20)19-5-4-11(9-19)10-21-14-7-12(17)6-13(18)8-14/h6-8,11H,4-5,9-10H2,1-3H3. The average Bonchev–Trinajstić information content (AvgIpc) is 2.82. The normalized spacial score (nSPS) is 18.4. The number of carbonyl (C=O) groups excluding carboxylic acids is 1. The van der Waals surface area contributed by atoms with Crippen molar-refractivity contribution in [1.29, 1.82) is 0 Å². The van der Waals surface area contributed by atoms with Crippen molar-refractivity contribution in [2.45, 2.75) is 32.8 Å². The maximum Gasteiger partial charge on any atom is 0.410 e. The second-order valence-corrected chi connectivity index (χ2v) is 7.85. The Labute approximate surface area is 144 Å². The molecule has 1 saturated heterocycles. The van der Waals surface area contributed by atoms with Crippen molar-refractivity contribution in [3.05, 3.63) is 27.7 Å². The van der Waals surface area contributed by atoms with Gasteiger partial charge in [-0.3, -0.25) is 0 Å². The largest absolute Gasteiger partial charge is 0.493 e.